The number of aliphatic hydroxyl groups excluding tert-OH is 2. The van der Waals surface area contributed by atoms with E-state index in [1.54, 1.807) is 118 Å². The Labute approximate surface area is 460 Å². The largest absolute Gasteiger partial charge is 0.494 e. The van der Waals surface area contributed by atoms with Gasteiger partial charge >= 0.3 is 0 Å². The molecular formula is C54H56N12O12S2. The number of piperidine rings is 2. The van der Waals surface area contributed by atoms with Gasteiger partial charge in [-0.05, 0) is 99.5 Å². The fourth-order valence-electron chi connectivity index (χ4n) is 9.69. The van der Waals surface area contributed by atoms with E-state index in [4.69, 9.17) is 27.8 Å². The molecule has 2 fully saturated rings. The predicted octanol–water partition coefficient (Wildman–Crippen LogP) is 5.35. The maximum atomic E-state index is 13.9. The van der Waals surface area contributed by atoms with Crippen LogP contribution >= 0.6 is 0 Å². The molecule has 2 aliphatic rings. The third-order valence-electron chi connectivity index (χ3n) is 13.5. The molecular weight excluding hydrogens is 1070 g/mol. The number of sulfone groups is 2. The Morgan fingerprint density at radius 2 is 0.938 bits per heavy atom. The number of nitriles is 2. The number of ether oxygens (including phenoxy) is 4. The minimum Gasteiger partial charge on any atom is -0.494 e. The number of nitrogens with zero attached hydrogens (tertiary/aromatic N) is 12. The second-order valence-electron chi connectivity index (χ2n) is 18.9. The molecule has 2 aromatic carbocycles. The number of rotatable bonds is 16. The van der Waals surface area contributed by atoms with Crippen LogP contribution in [-0.2, 0) is 31.2 Å². The average molecular weight is 1130 g/mol. The van der Waals surface area contributed by atoms with Gasteiger partial charge in [0, 0.05) is 38.6 Å². The van der Waals surface area contributed by atoms with E-state index in [0.717, 1.165) is 0 Å². The van der Waals surface area contributed by atoms with Gasteiger partial charge in [-0.3, -0.25) is 9.13 Å². The second-order valence-corrected chi connectivity index (χ2v) is 23.4. The highest BCUT2D eigenvalue weighted by molar-refractivity contribution is 7.91. The number of hydrogen-bond donors (Lipinski definition) is 2. The third-order valence-corrected chi connectivity index (χ3v) is 17.5. The van der Waals surface area contributed by atoms with Crippen LogP contribution in [0.25, 0.3) is 34.5 Å². The summed E-state index contributed by atoms with van der Waals surface area (Å²) >= 11 is 0. The van der Waals surface area contributed by atoms with Crippen LogP contribution in [0.2, 0.25) is 0 Å². The van der Waals surface area contributed by atoms with E-state index in [1.165, 1.54) is 40.8 Å². The molecule has 2 saturated heterocycles. The number of para-hydroxylation sites is 2. The lowest BCUT2D eigenvalue weighted by Crippen LogP contribution is -2.49. The molecule has 8 aromatic rings. The van der Waals surface area contributed by atoms with Crippen LogP contribution < -0.4 is 28.7 Å². The lowest BCUT2D eigenvalue weighted by atomic mass is 10.1. The lowest BCUT2D eigenvalue weighted by molar-refractivity contribution is 0.154. The van der Waals surface area contributed by atoms with Crippen molar-refractivity contribution < 1.29 is 54.8 Å². The van der Waals surface area contributed by atoms with Crippen molar-refractivity contribution >= 4 is 31.3 Å². The number of furan rings is 2. The van der Waals surface area contributed by atoms with Gasteiger partial charge in [0.15, 0.2) is 42.8 Å². The molecule has 416 valence electrons. The molecule has 0 unspecified atom stereocenters. The molecule has 24 nitrogen and oxygen atoms in total. The number of aryl methyl sites for hydroxylation is 2. The summed E-state index contributed by atoms with van der Waals surface area (Å²) in [5.74, 6) is 4.49. The van der Waals surface area contributed by atoms with Crippen LogP contribution in [0.1, 0.15) is 47.1 Å². The number of pyridine rings is 2. The van der Waals surface area contributed by atoms with Gasteiger partial charge < -0.3 is 47.8 Å². The van der Waals surface area contributed by atoms with Gasteiger partial charge in [-0.2, -0.15) is 10.5 Å². The summed E-state index contributed by atoms with van der Waals surface area (Å²) in [4.78, 5) is 11.9. The van der Waals surface area contributed by atoms with E-state index >= 15 is 0 Å². The number of methoxy groups -OCH3 is 4. The minimum absolute atomic E-state index is 0.0487. The van der Waals surface area contributed by atoms with Gasteiger partial charge in [0.25, 0.3) is 0 Å². The summed E-state index contributed by atoms with van der Waals surface area (Å²) in [5.41, 5.74) is 1.64. The monoisotopic (exact) mass is 1130 g/mol. The van der Waals surface area contributed by atoms with E-state index < -0.39 is 53.9 Å². The third kappa shape index (κ3) is 11.8. The van der Waals surface area contributed by atoms with Crippen molar-refractivity contribution in [1.29, 1.82) is 10.5 Å². The summed E-state index contributed by atoms with van der Waals surface area (Å²) in [5, 5.41) is 55.0. The Hall–Kier alpha value is -8.82. The van der Waals surface area contributed by atoms with E-state index in [9.17, 15) is 37.6 Å². The van der Waals surface area contributed by atoms with Crippen molar-refractivity contribution in [2.45, 2.75) is 60.9 Å². The first-order valence-electron chi connectivity index (χ1n) is 24.9. The first-order chi connectivity index (χ1) is 38.5. The maximum Gasteiger partial charge on any atom is 0.204 e. The van der Waals surface area contributed by atoms with Crippen LogP contribution in [0, 0.1) is 36.5 Å². The fourth-order valence-corrected chi connectivity index (χ4v) is 13.1. The molecule has 0 aliphatic carbocycles. The first kappa shape index (κ1) is 55.9. The summed E-state index contributed by atoms with van der Waals surface area (Å²) in [7, 11) is -1.77. The molecule has 10 rings (SSSR count). The fraction of sp³-hybridized carbons (Fsp3) is 0.333. The predicted molar refractivity (Wildman–Crippen MR) is 290 cm³/mol. The molecule has 6 aromatic heterocycles. The number of anilines is 2. The van der Waals surface area contributed by atoms with Crippen LogP contribution in [0.4, 0.5) is 11.6 Å². The van der Waals surface area contributed by atoms with Gasteiger partial charge in [-0.1, -0.05) is 12.1 Å². The van der Waals surface area contributed by atoms with Gasteiger partial charge in [0.05, 0.1) is 74.4 Å². The van der Waals surface area contributed by atoms with E-state index in [0.29, 0.717) is 80.2 Å². The molecule has 0 bridgehead atoms. The zero-order valence-electron chi connectivity index (χ0n) is 44.4. The van der Waals surface area contributed by atoms with E-state index in [-0.39, 0.29) is 62.3 Å². The molecule has 2 aliphatic heterocycles. The summed E-state index contributed by atoms with van der Waals surface area (Å²) in [6.07, 6.45) is 1.25. The van der Waals surface area contributed by atoms with Crippen molar-refractivity contribution in [3.63, 3.8) is 0 Å². The van der Waals surface area contributed by atoms with Crippen molar-refractivity contribution in [3.05, 3.63) is 132 Å². The SMILES string of the molecule is COc1cccc(OC)c1-n1c(CS(=O)(=O)[C@@H]2C[C@H](O)CN(c3cc(C#N)ccn3)C2)nnc1-c1ccc(C)o1.COc1cccc(OC)c1-n1c(CS(=O)(=O)[C@H]2C[C@@H](O)CN(c3cc(C#N)ccn3)C2)nnc1-c1ccc(C)o1. The zero-order chi connectivity index (χ0) is 56.9. The zero-order valence-corrected chi connectivity index (χ0v) is 46.0. The molecule has 26 heteroatoms. The Morgan fingerprint density at radius 1 is 0.562 bits per heavy atom. The maximum absolute atomic E-state index is 13.9. The normalized spacial score (nSPS) is 17.4. The van der Waals surface area contributed by atoms with Gasteiger partial charge in [-0.15, -0.1) is 20.4 Å². The molecule has 0 saturated carbocycles. The number of aromatic nitrogens is 8. The number of hydrogen-bond acceptors (Lipinski definition) is 22. The smallest absolute Gasteiger partial charge is 0.204 e. The van der Waals surface area contributed by atoms with Gasteiger partial charge in [0.1, 0.15) is 69.0 Å². The molecule has 0 radical (unpaired) electrons. The van der Waals surface area contributed by atoms with E-state index in [2.05, 4.69) is 42.5 Å². The van der Waals surface area contributed by atoms with E-state index in [1.807, 2.05) is 0 Å². The number of β-amino-alcohol motifs (C(OH)–C–C–N with tert-alkyl or cyclic N) is 2. The van der Waals surface area contributed by atoms with Crippen LogP contribution in [0.5, 0.6) is 23.0 Å². The molecule has 0 amide bonds. The number of aliphatic hydroxyl groups is 2. The van der Waals surface area contributed by atoms with Crippen LogP contribution in [-0.4, -0.2) is 144 Å². The van der Waals surface area contributed by atoms with Gasteiger partial charge in [0.2, 0.25) is 11.6 Å². The Kier molecular flexibility index (Phi) is 16.5. The topological polar surface area (TPSA) is 313 Å². The lowest BCUT2D eigenvalue weighted by Gasteiger charge is -2.36. The first-order valence-corrected chi connectivity index (χ1v) is 28.4. The Bertz CT molecular complexity index is 3550. The highest BCUT2D eigenvalue weighted by atomic mass is 32.2. The van der Waals surface area contributed by atoms with Gasteiger partial charge in [-0.25, -0.2) is 26.8 Å². The summed E-state index contributed by atoms with van der Waals surface area (Å²) < 4.78 is 92.6. The molecule has 8 heterocycles. The second kappa shape index (κ2) is 23.6. The number of benzene rings is 2. The standard InChI is InChI=1S/2C27H28N6O6S/c2*1-17-7-8-23(39-17)27-31-30-25(33(27)26-21(37-2)5-4-6-22(26)38-3)16-40(35,36)20-12-19(34)14-32(15-20)24-11-18(13-28)9-10-29-24/h2*4-11,19-20,34H,12,14-16H2,1-3H3/t2*19-,20+/m10/s1. The Balaban J connectivity index is 0.000000194. The van der Waals surface area contributed by atoms with Crippen molar-refractivity contribution in [1.82, 2.24) is 39.5 Å². The van der Waals surface area contributed by atoms with Crippen molar-refractivity contribution in [2.24, 2.45) is 0 Å². The van der Waals surface area contributed by atoms with Crippen molar-refractivity contribution in [3.8, 4) is 69.7 Å². The Morgan fingerprint density at radius 3 is 1.26 bits per heavy atom. The molecule has 2 N–H and O–H groups in total. The highest BCUT2D eigenvalue weighted by Gasteiger charge is 2.39. The van der Waals surface area contributed by atoms with Crippen LogP contribution in [0.3, 0.4) is 0 Å². The minimum atomic E-state index is -3.89. The molecule has 4 atom stereocenters. The highest BCUT2D eigenvalue weighted by Crippen LogP contribution is 2.40. The van der Waals surface area contributed by atoms with Crippen molar-refractivity contribution in [2.75, 3.05) is 64.4 Å². The summed E-state index contributed by atoms with van der Waals surface area (Å²) in [6, 6.07) is 27.8. The van der Waals surface area contributed by atoms with Crippen LogP contribution in [0.15, 0.2) is 106 Å². The molecule has 80 heavy (non-hydrogen) atoms. The average Bonchev–Trinajstić information content (AvgIpc) is 4.43. The summed E-state index contributed by atoms with van der Waals surface area (Å²) in [6.45, 7) is 4.17. The molecule has 0 spiro atoms. The quantitative estimate of drug-likeness (QED) is 0.123.